The van der Waals surface area contributed by atoms with Gasteiger partial charge in [-0.3, -0.25) is 0 Å². The number of likely N-dealkylation sites (N-methyl/N-ethyl adjacent to an activating group) is 2. The number of rotatable bonds is 7. The second kappa shape index (κ2) is 14.8. The Labute approximate surface area is 292 Å². The van der Waals surface area contributed by atoms with Crippen LogP contribution in [0.1, 0.15) is 67.1 Å². The van der Waals surface area contributed by atoms with E-state index in [1.165, 1.54) is 11.1 Å². The van der Waals surface area contributed by atoms with E-state index in [0.29, 0.717) is 30.5 Å². The third-order valence-electron chi connectivity index (χ3n) is 11.4. The van der Waals surface area contributed by atoms with Crippen molar-refractivity contribution < 1.29 is 14.3 Å². The molecule has 0 aromatic heterocycles. The van der Waals surface area contributed by atoms with Gasteiger partial charge in [0.25, 0.3) is 0 Å². The van der Waals surface area contributed by atoms with Crippen LogP contribution in [-0.2, 0) is 6.54 Å². The van der Waals surface area contributed by atoms with E-state index in [1.54, 1.807) is 7.11 Å². The van der Waals surface area contributed by atoms with E-state index in [4.69, 9.17) is 4.74 Å². The summed E-state index contributed by atoms with van der Waals surface area (Å²) in [6.07, 6.45) is 6.27. The highest BCUT2D eigenvalue weighted by molar-refractivity contribution is 5.78. The van der Waals surface area contributed by atoms with Crippen LogP contribution in [0.4, 0.5) is 9.59 Å². The van der Waals surface area contributed by atoms with E-state index >= 15 is 0 Å². The molecule has 3 aromatic carbocycles. The number of benzene rings is 3. The molecular weight excluding hydrogens is 612 g/mol. The van der Waals surface area contributed by atoms with Gasteiger partial charge in [0.15, 0.2) is 0 Å². The Morgan fingerprint density at radius 2 is 1.27 bits per heavy atom. The quantitative estimate of drug-likeness (QED) is 0.297. The molecule has 4 fully saturated rings. The van der Waals surface area contributed by atoms with Crippen molar-refractivity contribution >= 4 is 12.1 Å². The van der Waals surface area contributed by atoms with Crippen molar-refractivity contribution in [2.45, 2.75) is 80.1 Å². The molecule has 2 saturated carbocycles. The van der Waals surface area contributed by atoms with E-state index in [1.807, 2.05) is 29.2 Å². The van der Waals surface area contributed by atoms with Gasteiger partial charge >= 0.3 is 12.1 Å². The fourth-order valence-corrected chi connectivity index (χ4v) is 8.86. The summed E-state index contributed by atoms with van der Waals surface area (Å²) in [6.45, 7) is 2.15. The summed E-state index contributed by atoms with van der Waals surface area (Å²) in [6, 6.07) is 30.5. The van der Waals surface area contributed by atoms with Gasteiger partial charge in [-0.1, -0.05) is 72.8 Å². The molecule has 3 N–H and O–H groups in total. The number of carbonyl (C=O) groups is 2. The Morgan fingerprint density at radius 1 is 0.735 bits per heavy atom. The minimum Gasteiger partial charge on any atom is -0.497 e. The summed E-state index contributed by atoms with van der Waals surface area (Å²) in [4.78, 5) is 31.0. The molecule has 2 heterocycles. The van der Waals surface area contributed by atoms with Crippen molar-refractivity contribution in [2.24, 2.45) is 0 Å². The number of nitrogens with zero attached hydrogens (tertiary/aromatic N) is 3. The molecule has 2 unspecified atom stereocenters. The summed E-state index contributed by atoms with van der Waals surface area (Å²) in [5.41, 5.74) is 3.68. The summed E-state index contributed by atoms with van der Waals surface area (Å²) < 4.78 is 5.24. The number of amides is 4. The maximum absolute atomic E-state index is 12.8. The maximum Gasteiger partial charge on any atom is 0.318 e. The molecule has 49 heavy (non-hydrogen) atoms. The van der Waals surface area contributed by atoms with Crippen molar-refractivity contribution in [3.05, 3.63) is 102 Å². The first-order valence-corrected chi connectivity index (χ1v) is 17.8. The van der Waals surface area contributed by atoms with E-state index in [2.05, 4.69) is 115 Å². The van der Waals surface area contributed by atoms with Gasteiger partial charge in [-0.2, -0.15) is 0 Å². The van der Waals surface area contributed by atoms with Gasteiger partial charge < -0.3 is 35.4 Å². The van der Waals surface area contributed by atoms with Gasteiger partial charge in [0.1, 0.15) is 5.75 Å². The normalized spacial score (nSPS) is 29.4. The van der Waals surface area contributed by atoms with Crippen molar-refractivity contribution in [1.82, 2.24) is 30.7 Å². The molecule has 2 aliphatic heterocycles. The maximum atomic E-state index is 12.8. The molecule has 2 spiro atoms. The molecule has 2 saturated heterocycles. The zero-order chi connectivity index (χ0) is 34.6. The second-order valence-electron chi connectivity index (χ2n) is 15.1. The molecular formula is C40H54N6O3. The molecule has 3 aromatic rings. The van der Waals surface area contributed by atoms with Crippen LogP contribution in [0.5, 0.6) is 5.75 Å². The van der Waals surface area contributed by atoms with E-state index in [9.17, 15) is 9.59 Å². The fraction of sp³-hybridized carbons (Fsp3) is 0.500. The van der Waals surface area contributed by atoms with Crippen LogP contribution >= 0.6 is 0 Å². The SMILES string of the molecule is CN(C)[C@@H]1CC[C@@]2(CNC(=O)N2)CC1c1ccccc1.COc1ccc(CN2C[C@@]3(CC[C@@H](N(C)C)C(c4ccccc4)C3)NC2=O)cc1. The predicted octanol–water partition coefficient (Wildman–Crippen LogP) is 5.79. The zero-order valence-electron chi connectivity index (χ0n) is 29.8. The van der Waals surface area contributed by atoms with E-state index in [0.717, 1.165) is 62.9 Å². The predicted molar refractivity (Wildman–Crippen MR) is 195 cm³/mol. The van der Waals surface area contributed by atoms with Crippen LogP contribution in [0.15, 0.2) is 84.9 Å². The van der Waals surface area contributed by atoms with Gasteiger partial charge in [0.05, 0.1) is 18.2 Å². The molecule has 9 heteroatoms. The molecule has 4 aliphatic rings. The lowest BCUT2D eigenvalue weighted by molar-refractivity contribution is 0.135. The van der Waals surface area contributed by atoms with Crippen LogP contribution in [0.2, 0.25) is 0 Å². The molecule has 2 aliphatic carbocycles. The van der Waals surface area contributed by atoms with E-state index in [-0.39, 0.29) is 23.1 Å². The van der Waals surface area contributed by atoms with Gasteiger partial charge in [0.2, 0.25) is 0 Å². The van der Waals surface area contributed by atoms with Crippen LogP contribution in [0.25, 0.3) is 0 Å². The topological polar surface area (TPSA) is 89.2 Å². The molecule has 0 bridgehead atoms. The summed E-state index contributed by atoms with van der Waals surface area (Å²) in [5, 5.41) is 9.46. The third-order valence-corrected chi connectivity index (χ3v) is 11.4. The Balaban J connectivity index is 0.000000182. The summed E-state index contributed by atoms with van der Waals surface area (Å²) in [7, 11) is 10.3. The van der Waals surface area contributed by atoms with Crippen molar-refractivity contribution in [3.63, 3.8) is 0 Å². The molecule has 262 valence electrons. The zero-order valence-corrected chi connectivity index (χ0v) is 29.8. The number of hydrogen-bond acceptors (Lipinski definition) is 5. The van der Waals surface area contributed by atoms with Crippen molar-refractivity contribution in [3.8, 4) is 5.75 Å². The summed E-state index contributed by atoms with van der Waals surface area (Å²) >= 11 is 0. The Hall–Kier alpha value is -4.08. The first-order valence-electron chi connectivity index (χ1n) is 17.8. The van der Waals surface area contributed by atoms with Crippen LogP contribution in [0.3, 0.4) is 0 Å². The van der Waals surface area contributed by atoms with Gasteiger partial charge in [-0.25, -0.2) is 9.59 Å². The first kappa shape index (κ1) is 34.8. The Morgan fingerprint density at radius 3 is 1.76 bits per heavy atom. The molecule has 9 nitrogen and oxygen atoms in total. The monoisotopic (exact) mass is 666 g/mol. The smallest absolute Gasteiger partial charge is 0.318 e. The van der Waals surface area contributed by atoms with Crippen molar-refractivity contribution in [2.75, 3.05) is 48.4 Å². The standard InChI is InChI=1S/C24H31N3O2.C16H23N3O/c1-26(2)22-13-14-24(15-21(22)19-7-5-4-6-8-19)17-27(23(28)25-24)16-18-9-11-20(29-3)12-10-18;1-19(2)14-8-9-16(11-17-15(20)18-16)10-13(14)12-6-4-3-5-7-12/h4-12,21-22H,13-17H2,1-3H3,(H,25,28);3-7,13-14H,8-11H2,1-2H3,(H2,17,18,20)/t21?,22-,24+;13?,14-,16+/m11/s1. The fourth-order valence-electron chi connectivity index (χ4n) is 8.86. The van der Waals surface area contributed by atoms with Gasteiger partial charge in [0, 0.05) is 43.6 Å². The first-order chi connectivity index (χ1) is 23.6. The minimum absolute atomic E-state index is 0.0138. The lowest BCUT2D eigenvalue weighted by Gasteiger charge is -2.45. The Bertz CT molecular complexity index is 1550. The highest BCUT2D eigenvalue weighted by Gasteiger charge is 2.49. The number of urea groups is 2. The number of carbonyl (C=O) groups excluding carboxylic acids is 2. The number of hydrogen-bond donors (Lipinski definition) is 3. The van der Waals surface area contributed by atoms with Gasteiger partial charge in [-0.15, -0.1) is 0 Å². The molecule has 7 rings (SSSR count). The summed E-state index contributed by atoms with van der Waals surface area (Å²) in [5.74, 6) is 1.73. The molecule has 6 atom stereocenters. The van der Waals surface area contributed by atoms with Crippen LogP contribution in [-0.4, -0.2) is 98.3 Å². The molecule has 4 amide bonds. The van der Waals surface area contributed by atoms with Crippen LogP contribution in [0, 0.1) is 0 Å². The number of ether oxygens (including phenoxy) is 1. The highest BCUT2D eigenvalue weighted by Crippen LogP contribution is 2.43. The second-order valence-corrected chi connectivity index (χ2v) is 15.1. The largest absolute Gasteiger partial charge is 0.497 e. The Kier molecular flexibility index (Phi) is 10.5. The number of nitrogens with one attached hydrogen (secondary N) is 3. The minimum atomic E-state index is -0.142. The lowest BCUT2D eigenvalue weighted by atomic mass is 9.70. The average molecular weight is 667 g/mol. The number of methoxy groups -OCH3 is 1. The highest BCUT2D eigenvalue weighted by atomic mass is 16.5. The lowest BCUT2D eigenvalue weighted by Crippen LogP contribution is -2.52. The van der Waals surface area contributed by atoms with Crippen LogP contribution < -0.4 is 20.7 Å². The van der Waals surface area contributed by atoms with E-state index < -0.39 is 0 Å². The average Bonchev–Trinajstić information content (AvgIpc) is 3.62. The van der Waals surface area contributed by atoms with Gasteiger partial charge in [-0.05, 0) is 95.5 Å². The third kappa shape index (κ3) is 7.89. The van der Waals surface area contributed by atoms with Crippen molar-refractivity contribution in [1.29, 1.82) is 0 Å². The molecule has 0 radical (unpaired) electrons.